The zero-order chi connectivity index (χ0) is 12.7. The number of halogens is 1. The molecule has 2 aliphatic rings. The molecule has 0 spiro atoms. The van der Waals surface area contributed by atoms with E-state index in [2.05, 4.69) is 0 Å². The molecular formula is C8H13BIO6P. The molecule has 17 heavy (non-hydrogen) atoms. The molecular weight excluding hydrogens is 361 g/mol. The Kier molecular flexibility index (Phi) is 4.05. The van der Waals surface area contributed by atoms with E-state index in [4.69, 9.17) is 22.3 Å². The minimum atomic E-state index is -4.19. The summed E-state index contributed by atoms with van der Waals surface area (Å²) < 4.78 is 27.6. The van der Waals surface area contributed by atoms with Gasteiger partial charge in [-0.1, -0.05) is 0 Å². The summed E-state index contributed by atoms with van der Waals surface area (Å²) in [4.78, 5) is 17.8. The van der Waals surface area contributed by atoms with Gasteiger partial charge in [0.25, 0.3) is 0 Å². The third kappa shape index (κ3) is 2.78. The van der Waals surface area contributed by atoms with Gasteiger partial charge in [-0.05, 0) is 6.08 Å². The van der Waals surface area contributed by atoms with Crippen LogP contribution in [0.4, 0.5) is 0 Å². The molecule has 2 unspecified atom stereocenters. The van der Waals surface area contributed by atoms with Crippen LogP contribution in [0.2, 0.25) is 0 Å². The fraction of sp³-hybridized carbons (Fsp3) is 0.750. The summed E-state index contributed by atoms with van der Waals surface area (Å²) in [5.74, 6) is 0.885. The topological polar surface area (TPSA) is 85.2 Å². The van der Waals surface area contributed by atoms with Gasteiger partial charge in [-0.2, -0.15) is 0 Å². The van der Waals surface area contributed by atoms with E-state index in [1.807, 2.05) is 7.85 Å². The average molecular weight is 374 g/mol. The molecule has 2 saturated heterocycles. The summed E-state index contributed by atoms with van der Waals surface area (Å²) >= 11 is 1.77. The molecule has 0 amide bonds. The monoisotopic (exact) mass is 374 g/mol. The van der Waals surface area contributed by atoms with E-state index in [9.17, 15) is 4.57 Å². The Balaban J connectivity index is 2.28. The highest BCUT2D eigenvalue weighted by atomic mass is 127. The van der Waals surface area contributed by atoms with Crippen LogP contribution in [0, 0.1) is 0 Å². The first-order valence-electron chi connectivity index (χ1n) is 5.20. The van der Waals surface area contributed by atoms with Crippen molar-refractivity contribution in [1.82, 2.24) is 0 Å². The first-order chi connectivity index (χ1) is 7.88. The van der Waals surface area contributed by atoms with Gasteiger partial charge in [0.2, 0.25) is 0 Å². The van der Waals surface area contributed by atoms with Gasteiger partial charge in [-0.25, -0.2) is 0 Å². The second-order valence-electron chi connectivity index (χ2n) is 4.28. The maximum absolute atomic E-state index is 10.9. The van der Waals surface area contributed by atoms with Crippen molar-refractivity contribution in [2.75, 3.05) is 6.61 Å². The van der Waals surface area contributed by atoms with Crippen molar-refractivity contribution in [3.8, 4) is 0 Å². The van der Waals surface area contributed by atoms with E-state index in [0.29, 0.717) is 13.0 Å². The Morgan fingerprint density at radius 1 is 1.59 bits per heavy atom. The highest BCUT2D eigenvalue weighted by molar-refractivity contribution is 14.1. The van der Waals surface area contributed by atoms with E-state index in [-0.39, 0.29) is 18.2 Å². The van der Waals surface area contributed by atoms with Crippen LogP contribution in [-0.2, 0) is 17.1 Å². The molecule has 2 N–H and O–H groups in total. The van der Waals surface area contributed by atoms with Gasteiger partial charge >= 0.3 is 7.60 Å². The van der Waals surface area contributed by atoms with Crippen LogP contribution in [-0.4, -0.2) is 48.1 Å². The molecule has 2 fully saturated rings. The number of ether oxygens (including phenoxy) is 2. The van der Waals surface area contributed by atoms with Gasteiger partial charge < -0.3 is 22.3 Å². The van der Waals surface area contributed by atoms with Crippen molar-refractivity contribution in [3.05, 3.63) is 11.9 Å². The second kappa shape index (κ2) is 4.92. The third-order valence-corrected chi connectivity index (χ3v) is 4.18. The molecule has 96 valence electrons. The summed E-state index contributed by atoms with van der Waals surface area (Å²) in [6.07, 6.45) is 1.42. The SMILES string of the molecule is B[C@@H]1O[C@@]2(/C=C/P(=O)(O)O)CCOC1C2OI. The maximum atomic E-state index is 10.9. The summed E-state index contributed by atoms with van der Waals surface area (Å²) in [6, 6.07) is -0.154. The second-order valence-corrected chi connectivity index (χ2v) is 6.26. The maximum Gasteiger partial charge on any atom is 0.348 e. The zero-order valence-electron chi connectivity index (χ0n) is 9.15. The van der Waals surface area contributed by atoms with Gasteiger partial charge in [0.15, 0.2) is 0 Å². The predicted octanol–water partition coefficient (Wildman–Crippen LogP) is -0.0699. The number of rotatable bonds is 3. The first-order valence-corrected chi connectivity index (χ1v) is 7.77. The lowest BCUT2D eigenvalue weighted by Crippen LogP contribution is -2.48. The Bertz CT molecular complexity index is 373. The predicted molar refractivity (Wildman–Crippen MR) is 70.6 cm³/mol. The average Bonchev–Trinajstić information content (AvgIpc) is 2.38. The first kappa shape index (κ1) is 14.0. The summed E-state index contributed by atoms with van der Waals surface area (Å²) in [6.45, 7) is 0.497. The summed E-state index contributed by atoms with van der Waals surface area (Å²) in [7, 11) is -2.32. The van der Waals surface area contributed by atoms with Crippen LogP contribution in [0.5, 0.6) is 0 Å². The fourth-order valence-electron chi connectivity index (χ4n) is 2.35. The molecule has 0 saturated carbocycles. The lowest BCUT2D eigenvalue weighted by Gasteiger charge is -2.35. The third-order valence-electron chi connectivity index (χ3n) is 3.10. The Labute approximate surface area is 114 Å². The molecule has 2 aliphatic heterocycles. The van der Waals surface area contributed by atoms with Crippen molar-refractivity contribution in [1.29, 1.82) is 0 Å². The zero-order valence-corrected chi connectivity index (χ0v) is 12.2. The van der Waals surface area contributed by atoms with Crippen LogP contribution in [0.25, 0.3) is 0 Å². The van der Waals surface area contributed by atoms with E-state index in [1.165, 1.54) is 6.08 Å². The molecule has 0 aromatic heterocycles. The highest BCUT2D eigenvalue weighted by Gasteiger charge is 2.56. The van der Waals surface area contributed by atoms with Crippen LogP contribution >= 0.6 is 30.6 Å². The molecule has 2 bridgehead atoms. The lowest BCUT2D eigenvalue weighted by atomic mass is 9.86. The molecule has 0 aromatic carbocycles. The van der Waals surface area contributed by atoms with Crippen LogP contribution < -0.4 is 0 Å². The summed E-state index contributed by atoms with van der Waals surface area (Å²) in [5.41, 5.74) is -0.787. The lowest BCUT2D eigenvalue weighted by molar-refractivity contribution is -0.0660. The van der Waals surface area contributed by atoms with Gasteiger partial charge in [0.05, 0.1) is 12.6 Å². The van der Waals surface area contributed by atoms with Crippen LogP contribution in [0.1, 0.15) is 6.42 Å². The van der Waals surface area contributed by atoms with E-state index in [0.717, 1.165) is 5.82 Å². The van der Waals surface area contributed by atoms with Crippen molar-refractivity contribution in [2.24, 2.45) is 0 Å². The molecule has 0 aromatic rings. The molecule has 0 radical (unpaired) electrons. The molecule has 9 heteroatoms. The molecule has 2 heterocycles. The van der Waals surface area contributed by atoms with E-state index >= 15 is 0 Å². The number of fused-ring (bicyclic) bond motifs is 2. The van der Waals surface area contributed by atoms with Crippen LogP contribution in [0.3, 0.4) is 0 Å². The normalized spacial score (nSPS) is 42.2. The highest BCUT2D eigenvalue weighted by Crippen LogP contribution is 2.45. The standard InChI is InChI=1S/C8H13BIO6P/c9-7-5-6(16-10)8(15-7,1-3-14-5)2-4-17(11,12)13/h2,4-7H,1,3,9H2,(H2,11,12,13)/b4-2+/t5?,6?,7-,8-/m1/s1. The molecule has 6 nitrogen and oxygen atoms in total. The minimum Gasteiger partial charge on any atom is -0.373 e. The number of hydrogen-bond donors (Lipinski definition) is 2. The van der Waals surface area contributed by atoms with Gasteiger partial charge in [0.1, 0.15) is 48.7 Å². The van der Waals surface area contributed by atoms with E-state index < -0.39 is 13.2 Å². The Morgan fingerprint density at radius 2 is 2.29 bits per heavy atom. The fourth-order valence-corrected chi connectivity index (χ4v) is 3.52. The largest absolute Gasteiger partial charge is 0.373 e. The van der Waals surface area contributed by atoms with Gasteiger partial charge in [-0.3, -0.25) is 4.57 Å². The smallest absolute Gasteiger partial charge is 0.348 e. The molecule has 4 atom stereocenters. The van der Waals surface area contributed by atoms with Crippen molar-refractivity contribution in [2.45, 2.75) is 30.2 Å². The Hall–Kier alpha value is 0.565. The Morgan fingerprint density at radius 3 is 2.88 bits per heavy atom. The quantitative estimate of drug-likeness (QED) is 0.409. The van der Waals surface area contributed by atoms with Crippen molar-refractivity contribution >= 4 is 38.4 Å². The summed E-state index contributed by atoms with van der Waals surface area (Å²) in [5, 5.41) is 0. The van der Waals surface area contributed by atoms with Crippen molar-refractivity contribution in [3.63, 3.8) is 0 Å². The molecule has 0 aliphatic carbocycles. The van der Waals surface area contributed by atoms with Gasteiger partial charge in [-0.15, -0.1) is 0 Å². The minimum absolute atomic E-state index is 0.154. The molecule has 2 rings (SSSR count). The van der Waals surface area contributed by atoms with E-state index in [1.54, 1.807) is 23.0 Å². The number of hydrogen-bond acceptors (Lipinski definition) is 4. The van der Waals surface area contributed by atoms with Crippen molar-refractivity contribution < 1.29 is 26.9 Å². The van der Waals surface area contributed by atoms with Gasteiger partial charge in [0, 0.05) is 12.2 Å². The van der Waals surface area contributed by atoms with Crippen LogP contribution in [0.15, 0.2) is 11.9 Å².